The number of nitrogens with one attached hydrogen (secondary N) is 4. The van der Waals surface area contributed by atoms with Crippen LogP contribution in [0, 0.1) is 17.8 Å². The maximum Gasteiger partial charge on any atom is 0.407 e. The van der Waals surface area contributed by atoms with Crippen molar-refractivity contribution in [3.63, 3.8) is 0 Å². The highest BCUT2D eigenvalue weighted by atomic mass is 16.5. The number of carboxylic acid groups (broad SMARTS) is 1. The molecule has 348 valence electrons. The Morgan fingerprint density at radius 3 is 2.42 bits per heavy atom. The van der Waals surface area contributed by atoms with E-state index in [0.29, 0.717) is 31.2 Å². The molecule has 4 amide bonds. The van der Waals surface area contributed by atoms with E-state index in [4.69, 9.17) is 24.2 Å². The fourth-order valence-electron chi connectivity index (χ4n) is 12.0. The largest absolute Gasteiger partial charge is 0.488 e. The number of rotatable bonds is 9. The lowest BCUT2D eigenvalue weighted by atomic mass is 9.85. The number of carbonyl (C=O) groups excluding carboxylic acids is 3. The van der Waals surface area contributed by atoms with Crippen LogP contribution < -0.4 is 15.4 Å². The van der Waals surface area contributed by atoms with Gasteiger partial charge in [0, 0.05) is 23.0 Å². The summed E-state index contributed by atoms with van der Waals surface area (Å²) in [6.07, 6.45) is 6.57. The summed E-state index contributed by atoms with van der Waals surface area (Å²) in [6.45, 7) is 10.2. The van der Waals surface area contributed by atoms with Gasteiger partial charge in [-0.15, -0.1) is 0 Å². The number of nitrogens with zero attached hydrogens (tertiary/aromatic N) is 4. The number of ether oxygens (including phenoxy) is 3. The molecule has 3 saturated heterocycles. The lowest BCUT2D eigenvalue weighted by molar-refractivity contribution is -0.140. The fraction of sp³-hybridized carbons (Fsp3) is 0.520. The average Bonchev–Trinajstić information content (AvgIpc) is 4.14. The standard InChI is InChI=1S/C50H60N8O8/c1-24(2)42(55-49(61)62)47(59)58-38-9-7-8-30(38)20-40(58)46-52-36-14-12-28-19-35-33-13-11-29(18-32(33)23-65-41(35)21-34(28)44(36)54-46)37-22-51-45(53-37)39-15-10-25(3)57(39)48(60)43(56-50(63)64-6)31-16-26(4)66-27(5)17-31/h11-14,18-19,21-22,24-27,30-31,38-40,42-43,55H,7-10,15-17,20,23H2,1-6H3,(H,51,53)(H,52,54)(H,56,63)(H,61,62)/t25-,26+,27+,30-,38-,39-,40-,42?,43?/m0/s1. The molecule has 5 N–H and O–H groups in total. The van der Waals surface area contributed by atoms with Crippen molar-refractivity contribution in [2.45, 2.75) is 141 Å². The van der Waals surface area contributed by atoms with Crippen LogP contribution in [0.1, 0.15) is 115 Å². The van der Waals surface area contributed by atoms with Gasteiger partial charge in [-0.25, -0.2) is 19.6 Å². The molecule has 3 aromatic carbocycles. The summed E-state index contributed by atoms with van der Waals surface area (Å²) >= 11 is 0. The van der Waals surface area contributed by atoms with Crippen molar-refractivity contribution < 1.29 is 38.5 Å². The van der Waals surface area contributed by atoms with Gasteiger partial charge in [0.25, 0.3) is 0 Å². The molecule has 0 bridgehead atoms. The van der Waals surface area contributed by atoms with Gasteiger partial charge in [0.15, 0.2) is 0 Å². The van der Waals surface area contributed by atoms with Crippen LogP contribution in [0.4, 0.5) is 9.59 Å². The molecule has 16 nitrogen and oxygen atoms in total. The van der Waals surface area contributed by atoms with E-state index in [0.717, 1.165) is 99.9 Å². The molecule has 4 fully saturated rings. The second kappa shape index (κ2) is 17.2. The van der Waals surface area contributed by atoms with Crippen molar-refractivity contribution in [3.05, 3.63) is 65.9 Å². The monoisotopic (exact) mass is 900 g/mol. The number of aromatic amines is 2. The zero-order chi connectivity index (χ0) is 46.1. The van der Waals surface area contributed by atoms with Gasteiger partial charge in [0.1, 0.15) is 36.1 Å². The van der Waals surface area contributed by atoms with Crippen LogP contribution in [-0.4, -0.2) is 102 Å². The molecule has 1 saturated carbocycles. The van der Waals surface area contributed by atoms with E-state index in [1.165, 1.54) is 7.11 Å². The second-order valence-electron chi connectivity index (χ2n) is 19.7. The van der Waals surface area contributed by atoms with Crippen LogP contribution in [-0.2, 0) is 25.7 Å². The summed E-state index contributed by atoms with van der Waals surface area (Å²) in [4.78, 5) is 73.9. The molecule has 6 heterocycles. The molecule has 0 radical (unpaired) electrons. The fourth-order valence-corrected chi connectivity index (χ4v) is 12.0. The number of likely N-dealkylation sites (tertiary alicyclic amines) is 2. The van der Waals surface area contributed by atoms with Crippen LogP contribution in [0.5, 0.6) is 5.75 Å². The first-order valence-electron chi connectivity index (χ1n) is 23.7. The quantitative estimate of drug-likeness (QED) is 0.0956. The van der Waals surface area contributed by atoms with Gasteiger partial charge in [-0.1, -0.05) is 38.5 Å². The van der Waals surface area contributed by atoms with Gasteiger partial charge < -0.3 is 49.7 Å². The predicted octanol–water partition coefficient (Wildman–Crippen LogP) is 8.38. The SMILES string of the molecule is COC(=O)NC(C(=O)N1[C@@H](C)CC[C@H]1c1ncc(-c2ccc3c(c2)COc2cc4c(ccc5[nH]c([C@@H]6C[C@@H]7CCC[C@@H]7N6C(=O)C(NC(=O)O)C(C)C)nc54)cc2-3)[nH]1)C1C[C@@H](C)O[C@H](C)C1. The zero-order valence-electron chi connectivity index (χ0n) is 38.4. The Hall–Kier alpha value is -6.16. The average molecular weight is 901 g/mol. The van der Waals surface area contributed by atoms with E-state index in [1.807, 2.05) is 49.8 Å². The van der Waals surface area contributed by atoms with Crippen LogP contribution in [0.25, 0.3) is 44.2 Å². The summed E-state index contributed by atoms with van der Waals surface area (Å²) in [5.74, 6) is 1.91. The Balaban J connectivity index is 0.905. The highest BCUT2D eigenvalue weighted by molar-refractivity contribution is 6.07. The smallest absolute Gasteiger partial charge is 0.407 e. The van der Waals surface area contributed by atoms with Crippen LogP contribution in [0.2, 0.25) is 0 Å². The van der Waals surface area contributed by atoms with Crippen LogP contribution >= 0.6 is 0 Å². The Bertz CT molecular complexity index is 2700. The summed E-state index contributed by atoms with van der Waals surface area (Å²) in [7, 11) is 1.31. The van der Waals surface area contributed by atoms with Gasteiger partial charge in [-0.05, 0) is 130 Å². The number of carbonyl (C=O) groups is 4. The topological polar surface area (TPSA) is 204 Å². The van der Waals surface area contributed by atoms with Crippen molar-refractivity contribution >= 4 is 45.8 Å². The molecular weight excluding hydrogens is 841 g/mol. The zero-order valence-corrected chi connectivity index (χ0v) is 38.4. The molecule has 5 aliphatic rings. The number of imidazole rings is 2. The lowest BCUT2D eigenvalue weighted by Crippen LogP contribution is -2.55. The number of amides is 4. The van der Waals surface area contributed by atoms with E-state index in [-0.39, 0.29) is 60.0 Å². The minimum absolute atomic E-state index is 0.0324. The van der Waals surface area contributed by atoms with Gasteiger partial charge >= 0.3 is 12.2 Å². The van der Waals surface area contributed by atoms with E-state index in [1.54, 1.807) is 0 Å². The Kier molecular flexibility index (Phi) is 11.4. The number of hydrogen-bond donors (Lipinski definition) is 5. The Morgan fingerprint density at radius 2 is 1.67 bits per heavy atom. The Labute approximate surface area is 383 Å². The van der Waals surface area contributed by atoms with E-state index in [2.05, 4.69) is 63.9 Å². The molecule has 2 unspecified atom stereocenters. The summed E-state index contributed by atoms with van der Waals surface area (Å²) in [6, 6.07) is 12.5. The molecule has 5 aromatic rings. The normalized spacial score (nSPS) is 26.7. The third-order valence-electron chi connectivity index (χ3n) is 15.1. The maximum atomic E-state index is 14.5. The van der Waals surface area contributed by atoms with E-state index in [9.17, 15) is 24.3 Å². The van der Waals surface area contributed by atoms with Crippen LogP contribution in [0.15, 0.2) is 48.7 Å². The molecule has 0 spiro atoms. The first-order chi connectivity index (χ1) is 31.8. The molecule has 10 rings (SSSR count). The van der Waals surface area contributed by atoms with Crippen LogP contribution in [0.3, 0.4) is 0 Å². The number of benzene rings is 3. The highest BCUT2D eigenvalue weighted by Crippen LogP contribution is 2.49. The number of aromatic nitrogens is 4. The molecule has 4 aliphatic heterocycles. The number of alkyl carbamates (subject to hydrolysis) is 1. The molecule has 1 aliphatic carbocycles. The molecule has 2 aromatic heterocycles. The van der Waals surface area contributed by atoms with Crippen molar-refractivity contribution in [2.24, 2.45) is 17.8 Å². The number of hydrogen-bond acceptors (Lipinski definition) is 9. The minimum Gasteiger partial charge on any atom is -0.488 e. The highest BCUT2D eigenvalue weighted by Gasteiger charge is 2.50. The lowest BCUT2D eigenvalue weighted by Gasteiger charge is -2.39. The molecule has 9 atom stereocenters. The summed E-state index contributed by atoms with van der Waals surface area (Å²) in [5, 5.41) is 16.9. The van der Waals surface area contributed by atoms with Crippen molar-refractivity contribution in [1.29, 1.82) is 0 Å². The first-order valence-corrected chi connectivity index (χ1v) is 23.7. The first kappa shape index (κ1) is 43.7. The van der Waals surface area contributed by atoms with Gasteiger partial charge in [-0.2, -0.15) is 0 Å². The summed E-state index contributed by atoms with van der Waals surface area (Å²) in [5.41, 5.74) is 6.56. The Morgan fingerprint density at radius 1 is 0.864 bits per heavy atom. The van der Waals surface area contributed by atoms with Gasteiger partial charge in [0.05, 0.1) is 54.3 Å². The number of methoxy groups -OCH3 is 1. The molecular formula is C50H60N8O8. The van der Waals surface area contributed by atoms with Crippen molar-refractivity contribution in [3.8, 4) is 28.1 Å². The molecule has 16 heteroatoms. The minimum atomic E-state index is -1.20. The predicted molar refractivity (Wildman–Crippen MR) is 246 cm³/mol. The third-order valence-corrected chi connectivity index (χ3v) is 15.1. The van der Waals surface area contributed by atoms with E-state index >= 15 is 0 Å². The van der Waals surface area contributed by atoms with E-state index < -0.39 is 24.3 Å². The van der Waals surface area contributed by atoms with Crippen molar-refractivity contribution in [2.75, 3.05) is 7.11 Å². The number of H-pyrrole nitrogens is 2. The molecule has 66 heavy (non-hydrogen) atoms. The third kappa shape index (κ3) is 7.79. The summed E-state index contributed by atoms with van der Waals surface area (Å²) < 4.78 is 17.4. The van der Waals surface area contributed by atoms with Gasteiger partial charge in [-0.3, -0.25) is 9.59 Å². The maximum absolute atomic E-state index is 14.5. The van der Waals surface area contributed by atoms with Gasteiger partial charge in [0.2, 0.25) is 11.8 Å². The number of fused-ring (bicyclic) bond motifs is 7. The second-order valence-corrected chi connectivity index (χ2v) is 19.7. The van der Waals surface area contributed by atoms with Crippen molar-refractivity contribution in [1.82, 2.24) is 40.4 Å².